The summed E-state index contributed by atoms with van der Waals surface area (Å²) < 4.78 is 0. The molecule has 0 aliphatic heterocycles. The average molecular weight is 315 g/mol. The van der Waals surface area contributed by atoms with E-state index in [1.807, 2.05) is 5.38 Å². The fraction of sp³-hybridized carbons (Fsp3) is 0.133. The first-order valence-electron chi connectivity index (χ1n) is 6.38. The summed E-state index contributed by atoms with van der Waals surface area (Å²) in [5.41, 5.74) is 2.62. The number of carbonyl (C=O) groups is 1. The Hall–Kier alpha value is -2.05. The summed E-state index contributed by atoms with van der Waals surface area (Å²) in [6.07, 6.45) is 3.19. The van der Waals surface area contributed by atoms with Crippen molar-refractivity contribution in [2.75, 3.05) is 5.32 Å². The molecule has 6 heteroatoms. The highest BCUT2D eigenvalue weighted by Gasteiger charge is 2.12. The van der Waals surface area contributed by atoms with Crippen LogP contribution in [0.2, 0.25) is 0 Å². The summed E-state index contributed by atoms with van der Waals surface area (Å²) in [7, 11) is 0. The zero-order valence-electron chi connectivity index (χ0n) is 11.6. The number of carbonyl (C=O) groups excluding carboxylic acids is 1. The van der Waals surface area contributed by atoms with Gasteiger partial charge in [-0.3, -0.25) is 15.1 Å². The molecule has 21 heavy (non-hydrogen) atoms. The third-order valence-electron chi connectivity index (χ3n) is 2.98. The number of thiazole rings is 1. The predicted molar refractivity (Wildman–Crippen MR) is 87.1 cm³/mol. The van der Waals surface area contributed by atoms with Crippen molar-refractivity contribution < 1.29 is 4.79 Å². The molecule has 0 atom stereocenters. The molecule has 0 spiro atoms. The average Bonchev–Trinajstić information content (AvgIpc) is 3.06. The molecule has 4 nitrogen and oxygen atoms in total. The number of aryl methyl sites for hydroxylation is 2. The van der Waals surface area contributed by atoms with E-state index < -0.39 is 0 Å². The second kappa shape index (κ2) is 5.75. The van der Waals surface area contributed by atoms with Gasteiger partial charge in [-0.15, -0.1) is 22.7 Å². The normalized spacial score (nSPS) is 10.6. The van der Waals surface area contributed by atoms with Crippen molar-refractivity contribution in [1.29, 1.82) is 0 Å². The van der Waals surface area contributed by atoms with Gasteiger partial charge >= 0.3 is 0 Å². The van der Waals surface area contributed by atoms with Crippen LogP contribution in [0.1, 0.15) is 20.1 Å². The van der Waals surface area contributed by atoms with E-state index in [2.05, 4.69) is 35.2 Å². The molecule has 0 unspecified atom stereocenters. The first-order valence-corrected chi connectivity index (χ1v) is 8.07. The monoisotopic (exact) mass is 315 g/mol. The van der Waals surface area contributed by atoms with Crippen LogP contribution < -0.4 is 5.32 Å². The van der Waals surface area contributed by atoms with E-state index in [-0.39, 0.29) is 5.91 Å². The van der Waals surface area contributed by atoms with Gasteiger partial charge < -0.3 is 0 Å². The van der Waals surface area contributed by atoms with E-state index in [9.17, 15) is 4.79 Å². The largest absolute Gasteiger partial charge is 0.298 e. The fourth-order valence-corrected chi connectivity index (χ4v) is 3.65. The van der Waals surface area contributed by atoms with Gasteiger partial charge in [0.15, 0.2) is 5.13 Å². The Kier molecular flexibility index (Phi) is 3.81. The van der Waals surface area contributed by atoms with Crippen molar-refractivity contribution in [2.45, 2.75) is 13.8 Å². The number of amides is 1. The van der Waals surface area contributed by atoms with Crippen molar-refractivity contribution in [1.82, 2.24) is 9.97 Å². The van der Waals surface area contributed by atoms with Crippen molar-refractivity contribution in [3.8, 4) is 11.3 Å². The highest BCUT2D eigenvalue weighted by molar-refractivity contribution is 7.14. The van der Waals surface area contributed by atoms with Crippen molar-refractivity contribution in [3.05, 3.63) is 51.3 Å². The maximum atomic E-state index is 12.1. The van der Waals surface area contributed by atoms with E-state index in [0.29, 0.717) is 10.7 Å². The molecule has 0 saturated carbocycles. The van der Waals surface area contributed by atoms with Crippen LogP contribution in [-0.2, 0) is 0 Å². The lowest BCUT2D eigenvalue weighted by molar-refractivity contribution is 0.102. The molecule has 0 fully saturated rings. The van der Waals surface area contributed by atoms with Gasteiger partial charge in [-0.1, -0.05) is 0 Å². The van der Waals surface area contributed by atoms with E-state index >= 15 is 0 Å². The lowest BCUT2D eigenvalue weighted by Gasteiger charge is -2.00. The van der Waals surface area contributed by atoms with Crippen LogP contribution in [0.25, 0.3) is 11.3 Å². The Morgan fingerprint density at radius 3 is 2.67 bits per heavy atom. The molecule has 106 valence electrons. The second-order valence-corrected chi connectivity index (χ2v) is 6.87. The van der Waals surface area contributed by atoms with E-state index in [1.165, 1.54) is 21.1 Å². The minimum Gasteiger partial charge on any atom is -0.298 e. The van der Waals surface area contributed by atoms with Crippen LogP contribution in [0.3, 0.4) is 0 Å². The summed E-state index contributed by atoms with van der Waals surface area (Å²) in [5.74, 6) is -0.170. The Morgan fingerprint density at radius 2 is 2.00 bits per heavy atom. The summed E-state index contributed by atoms with van der Waals surface area (Å²) in [6, 6.07) is 5.48. The van der Waals surface area contributed by atoms with Gasteiger partial charge in [0, 0.05) is 38.7 Å². The van der Waals surface area contributed by atoms with Gasteiger partial charge in [0.2, 0.25) is 0 Å². The lowest BCUT2D eigenvalue weighted by atomic mass is 10.2. The number of rotatable bonds is 3. The van der Waals surface area contributed by atoms with Crippen LogP contribution in [0.5, 0.6) is 0 Å². The molecule has 0 aromatic carbocycles. The zero-order valence-corrected chi connectivity index (χ0v) is 13.2. The number of pyridine rings is 1. The van der Waals surface area contributed by atoms with Crippen LogP contribution in [0, 0.1) is 13.8 Å². The smallest absolute Gasteiger partial charge is 0.257 e. The Morgan fingerprint density at radius 1 is 1.24 bits per heavy atom. The summed E-state index contributed by atoms with van der Waals surface area (Å²) in [4.78, 5) is 23.0. The number of aromatic nitrogens is 2. The third kappa shape index (κ3) is 3.01. The van der Waals surface area contributed by atoms with Gasteiger partial charge in [0.25, 0.3) is 5.91 Å². The summed E-state index contributed by atoms with van der Waals surface area (Å²) in [5, 5.41) is 5.39. The molecule has 3 aromatic rings. The second-order valence-electron chi connectivity index (χ2n) is 4.55. The maximum absolute atomic E-state index is 12.1. The molecule has 0 saturated heterocycles. The van der Waals surface area contributed by atoms with Gasteiger partial charge in [0.1, 0.15) is 0 Å². The standard InChI is InChI=1S/C15H13N3OS2/c1-9-7-12(10(2)21-9)13-8-20-15(17-13)18-14(19)11-3-5-16-6-4-11/h3-8H,1-2H3,(H,17,18,19). The fourth-order valence-electron chi connectivity index (χ4n) is 2.01. The molecule has 1 N–H and O–H groups in total. The first kappa shape index (κ1) is 13.9. The van der Waals surface area contributed by atoms with E-state index in [4.69, 9.17) is 0 Å². The quantitative estimate of drug-likeness (QED) is 0.790. The number of hydrogen-bond acceptors (Lipinski definition) is 5. The maximum Gasteiger partial charge on any atom is 0.257 e. The van der Waals surface area contributed by atoms with E-state index in [1.54, 1.807) is 35.9 Å². The molecule has 0 bridgehead atoms. The van der Waals surface area contributed by atoms with Gasteiger partial charge in [0.05, 0.1) is 5.69 Å². The van der Waals surface area contributed by atoms with Crippen LogP contribution in [0.4, 0.5) is 5.13 Å². The lowest BCUT2D eigenvalue weighted by Crippen LogP contribution is -2.11. The van der Waals surface area contributed by atoms with Crippen molar-refractivity contribution >= 4 is 33.7 Å². The van der Waals surface area contributed by atoms with Gasteiger partial charge in [-0.2, -0.15) is 0 Å². The highest BCUT2D eigenvalue weighted by Crippen LogP contribution is 2.32. The Bertz CT molecular complexity index is 777. The van der Waals surface area contributed by atoms with Crippen LogP contribution >= 0.6 is 22.7 Å². The Labute approximate surface area is 130 Å². The molecule has 3 rings (SSSR count). The molecule has 1 amide bonds. The van der Waals surface area contributed by atoms with Crippen LogP contribution in [-0.4, -0.2) is 15.9 Å². The summed E-state index contributed by atoms with van der Waals surface area (Å²) in [6.45, 7) is 4.17. The first-order chi connectivity index (χ1) is 10.1. The third-order valence-corrected chi connectivity index (χ3v) is 4.71. The minimum absolute atomic E-state index is 0.170. The molecular formula is C15H13N3OS2. The number of hydrogen-bond donors (Lipinski definition) is 1. The minimum atomic E-state index is -0.170. The summed E-state index contributed by atoms with van der Waals surface area (Å²) >= 11 is 3.19. The molecule has 3 heterocycles. The van der Waals surface area contributed by atoms with Gasteiger partial charge in [-0.05, 0) is 32.0 Å². The topological polar surface area (TPSA) is 54.9 Å². The molecule has 0 aliphatic carbocycles. The number of nitrogens with zero attached hydrogens (tertiary/aromatic N) is 2. The van der Waals surface area contributed by atoms with Crippen molar-refractivity contribution in [2.24, 2.45) is 0 Å². The van der Waals surface area contributed by atoms with Crippen molar-refractivity contribution in [3.63, 3.8) is 0 Å². The number of nitrogens with one attached hydrogen (secondary N) is 1. The molecule has 0 radical (unpaired) electrons. The van der Waals surface area contributed by atoms with E-state index in [0.717, 1.165) is 11.3 Å². The zero-order chi connectivity index (χ0) is 14.8. The number of thiophene rings is 1. The molecular weight excluding hydrogens is 302 g/mol. The highest BCUT2D eigenvalue weighted by atomic mass is 32.1. The van der Waals surface area contributed by atoms with Crippen LogP contribution in [0.15, 0.2) is 36.0 Å². The number of anilines is 1. The molecule has 0 aliphatic rings. The molecule has 3 aromatic heterocycles. The SMILES string of the molecule is Cc1cc(-c2csc(NC(=O)c3ccncc3)n2)c(C)s1. The predicted octanol–water partition coefficient (Wildman–Crippen LogP) is 4.14. The Balaban J connectivity index is 1.80. The van der Waals surface area contributed by atoms with Gasteiger partial charge in [-0.25, -0.2) is 4.98 Å².